The molecule has 0 unspecified atom stereocenters. The minimum atomic E-state index is -0.307. The number of amides is 2. The number of nitrogens with two attached hydrogens (primary N) is 1. The van der Waals surface area contributed by atoms with Crippen molar-refractivity contribution in [1.82, 2.24) is 10.7 Å². The van der Waals surface area contributed by atoms with Crippen molar-refractivity contribution < 1.29 is 9.59 Å². The molecule has 0 radical (unpaired) electrons. The number of rotatable bonds is 7. The summed E-state index contributed by atoms with van der Waals surface area (Å²) >= 11 is 0. The van der Waals surface area contributed by atoms with Crippen molar-refractivity contribution in [3.8, 4) is 0 Å². The van der Waals surface area contributed by atoms with Crippen LogP contribution in [0.3, 0.4) is 0 Å². The molecule has 130 valence electrons. The van der Waals surface area contributed by atoms with Crippen molar-refractivity contribution in [2.45, 2.75) is 26.3 Å². The third-order valence-electron chi connectivity index (χ3n) is 3.56. The van der Waals surface area contributed by atoms with Crippen molar-refractivity contribution in [2.75, 3.05) is 5.73 Å². The maximum atomic E-state index is 11.8. The molecular weight excluding hydrogens is 316 g/mol. The van der Waals surface area contributed by atoms with Crippen LogP contribution in [0.25, 0.3) is 0 Å². The number of carbonyl (C=O) groups excluding carboxylic acids is 2. The molecule has 0 heterocycles. The van der Waals surface area contributed by atoms with Gasteiger partial charge in [0.15, 0.2) is 0 Å². The van der Waals surface area contributed by atoms with E-state index in [1.165, 1.54) is 0 Å². The van der Waals surface area contributed by atoms with Gasteiger partial charge >= 0.3 is 0 Å². The molecule has 2 rings (SSSR count). The molecule has 0 saturated carbocycles. The van der Waals surface area contributed by atoms with Gasteiger partial charge in [0.1, 0.15) is 0 Å². The van der Waals surface area contributed by atoms with Gasteiger partial charge < -0.3 is 11.1 Å². The van der Waals surface area contributed by atoms with Gasteiger partial charge in [-0.2, -0.15) is 5.10 Å². The first kappa shape index (κ1) is 18.2. The second-order valence-electron chi connectivity index (χ2n) is 5.62. The van der Waals surface area contributed by atoms with Crippen LogP contribution in [0.2, 0.25) is 0 Å². The first-order chi connectivity index (χ1) is 12.0. The van der Waals surface area contributed by atoms with Crippen LogP contribution in [0, 0.1) is 0 Å². The summed E-state index contributed by atoms with van der Waals surface area (Å²) in [7, 11) is 0. The van der Waals surface area contributed by atoms with Crippen LogP contribution in [0.1, 0.15) is 30.9 Å². The fourth-order valence-corrected chi connectivity index (χ4v) is 2.14. The maximum Gasteiger partial charge on any atom is 0.240 e. The molecule has 0 spiro atoms. The van der Waals surface area contributed by atoms with E-state index in [2.05, 4.69) is 15.8 Å². The van der Waals surface area contributed by atoms with Crippen LogP contribution >= 0.6 is 0 Å². The molecule has 0 fully saturated rings. The van der Waals surface area contributed by atoms with Gasteiger partial charge in [-0.3, -0.25) is 9.59 Å². The fraction of sp³-hybridized carbons (Fsp3) is 0.211. The summed E-state index contributed by atoms with van der Waals surface area (Å²) in [5.41, 5.74) is 11.3. The summed E-state index contributed by atoms with van der Waals surface area (Å²) in [5.74, 6) is -0.478. The van der Waals surface area contributed by atoms with Gasteiger partial charge in [-0.25, -0.2) is 5.43 Å². The predicted octanol–water partition coefficient (Wildman–Crippen LogP) is 2.21. The Labute approximate surface area is 147 Å². The summed E-state index contributed by atoms with van der Waals surface area (Å²) in [5, 5.41) is 6.82. The Balaban J connectivity index is 1.73. The predicted molar refractivity (Wildman–Crippen MR) is 98.7 cm³/mol. The second kappa shape index (κ2) is 9.22. The lowest BCUT2D eigenvalue weighted by Crippen LogP contribution is -2.26. The highest BCUT2D eigenvalue weighted by atomic mass is 16.2. The number of anilines is 1. The molecule has 2 aromatic rings. The third kappa shape index (κ3) is 6.47. The largest absolute Gasteiger partial charge is 0.399 e. The number of nitrogens with one attached hydrogen (secondary N) is 2. The molecule has 0 bridgehead atoms. The molecule has 0 aliphatic rings. The minimum absolute atomic E-state index is 0.0777. The molecular formula is C19H22N4O2. The molecule has 6 heteroatoms. The van der Waals surface area contributed by atoms with Gasteiger partial charge in [0.25, 0.3) is 0 Å². The molecule has 2 amide bonds. The van der Waals surface area contributed by atoms with E-state index in [1.54, 1.807) is 19.1 Å². The van der Waals surface area contributed by atoms with E-state index in [4.69, 9.17) is 5.73 Å². The summed E-state index contributed by atoms with van der Waals surface area (Å²) in [6, 6.07) is 16.8. The van der Waals surface area contributed by atoms with Crippen molar-refractivity contribution >= 4 is 23.2 Å². The molecule has 0 aliphatic carbocycles. The number of carbonyl (C=O) groups is 2. The smallest absolute Gasteiger partial charge is 0.240 e. The average molecular weight is 338 g/mol. The van der Waals surface area contributed by atoms with Gasteiger partial charge in [0, 0.05) is 25.1 Å². The summed E-state index contributed by atoms with van der Waals surface area (Å²) in [6.07, 6.45) is 0.194. The number of nitrogen functional groups attached to an aromatic ring is 1. The van der Waals surface area contributed by atoms with Crippen LogP contribution in [0.15, 0.2) is 59.7 Å². The molecule has 0 atom stereocenters. The van der Waals surface area contributed by atoms with Crippen LogP contribution in [-0.2, 0) is 16.1 Å². The highest BCUT2D eigenvalue weighted by molar-refractivity contribution is 5.99. The monoisotopic (exact) mass is 338 g/mol. The zero-order valence-electron chi connectivity index (χ0n) is 14.2. The molecule has 25 heavy (non-hydrogen) atoms. The highest BCUT2D eigenvalue weighted by Crippen LogP contribution is 2.07. The van der Waals surface area contributed by atoms with E-state index < -0.39 is 0 Å². The molecule has 0 aliphatic heterocycles. The Morgan fingerprint density at radius 2 is 1.72 bits per heavy atom. The topological polar surface area (TPSA) is 96.6 Å². The van der Waals surface area contributed by atoms with Crippen LogP contribution < -0.4 is 16.5 Å². The number of hydrogen-bond donors (Lipinski definition) is 3. The van der Waals surface area contributed by atoms with E-state index in [0.29, 0.717) is 17.9 Å². The standard InChI is InChI=1S/C19H22N4O2/c1-14(16-8-5-9-17(20)12-16)22-23-19(25)11-10-18(24)21-13-15-6-3-2-4-7-15/h2-9,12H,10-11,13,20H2,1H3,(H,21,24)(H,23,25)/b22-14+. The summed E-state index contributed by atoms with van der Waals surface area (Å²) in [4.78, 5) is 23.6. The first-order valence-electron chi connectivity index (χ1n) is 8.04. The molecule has 6 nitrogen and oxygen atoms in total. The van der Waals surface area contributed by atoms with Crippen LogP contribution in [-0.4, -0.2) is 17.5 Å². The van der Waals surface area contributed by atoms with Gasteiger partial charge in [0.05, 0.1) is 5.71 Å². The Hall–Kier alpha value is -3.15. The number of hydrazone groups is 1. The number of hydrogen-bond acceptors (Lipinski definition) is 4. The number of nitrogens with zero attached hydrogens (tertiary/aromatic N) is 1. The Kier molecular flexibility index (Phi) is 6.71. The Morgan fingerprint density at radius 1 is 1.00 bits per heavy atom. The zero-order chi connectivity index (χ0) is 18.1. The van der Waals surface area contributed by atoms with Crippen molar-refractivity contribution in [3.05, 3.63) is 65.7 Å². The van der Waals surface area contributed by atoms with Crippen LogP contribution in [0.4, 0.5) is 5.69 Å². The molecule has 0 saturated heterocycles. The van der Waals surface area contributed by atoms with E-state index in [1.807, 2.05) is 42.5 Å². The van der Waals surface area contributed by atoms with Crippen molar-refractivity contribution in [2.24, 2.45) is 5.10 Å². The second-order valence-corrected chi connectivity index (χ2v) is 5.62. The highest BCUT2D eigenvalue weighted by Gasteiger charge is 2.07. The lowest BCUT2D eigenvalue weighted by atomic mass is 10.1. The maximum absolute atomic E-state index is 11.8. The average Bonchev–Trinajstić information content (AvgIpc) is 2.63. The lowest BCUT2D eigenvalue weighted by Gasteiger charge is -2.06. The van der Waals surface area contributed by atoms with Gasteiger partial charge in [-0.15, -0.1) is 0 Å². The molecule has 2 aromatic carbocycles. The van der Waals surface area contributed by atoms with E-state index in [9.17, 15) is 9.59 Å². The SMILES string of the molecule is C/C(=N\NC(=O)CCC(=O)NCc1ccccc1)c1cccc(N)c1. The van der Waals surface area contributed by atoms with E-state index in [0.717, 1.165) is 11.1 Å². The van der Waals surface area contributed by atoms with Gasteiger partial charge in [-0.05, 0) is 30.2 Å². The Morgan fingerprint density at radius 3 is 2.44 bits per heavy atom. The fourth-order valence-electron chi connectivity index (χ4n) is 2.14. The van der Waals surface area contributed by atoms with Crippen molar-refractivity contribution in [3.63, 3.8) is 0 Å². The van der Waals surface area contributed by atoms with E-state index >= 15 is 0 Å². The quantitative estimate of drug-likeness (QED) is 0.410. The summed E-state index contributed by atoms with van der Waals surface area (Å²) in [6.45, 7) is 2.23. The third-order valence-corrected chi connectivity index (χ3v) is 3.56. The normalized spacial score (nSPS) is 11.0. The number of benzene rings is 2. The first-order valence-corrected chi connectivity index (χ1v) is 8.04. The van der Waals surface area contributed by atoms with Gasteiger partial charge in [0.2, 0.25) is 11.8 Å². The molecule has 0 aromatic heterocycles. The van der Waals surface area contributed by atoms with Crippen molar-refractivity contribution in [1.29, 1.82) is 0 Å². The van der Waals surface area contributed by atoms with Crippen LogP contribution in [0.5, 0.6) is 0 Å². The molecule has 4 N–H and O–H groups in total. The van der Waals surface area contributed by atoms with E-state index in [-0.39, 0.29) is 24.7 Å². The summed E-state index contributed by atoms with van der Waals surface area (Å²) < 4.78 is 0. The minimum Gasteiger partial charge on any atom is -0.399 e. The zero-order valence-corrected chi connectivity index (χ0v) is 14.2. The lowest BCUT2D eigenvalue weighted by molar-refractivity contribution is -0.126. The Bertz CT molecular complexity index is 757. The van der Waals surface area contributed by atoms with Gasteiger partial charge in [-0.1, -0.05) is 42.5 Å².